The summed E-state index contributed by atoms with van der Waals surface area (Å²) >= 11 is 0. The minimum absolute atomic E-state index is 0.0748. The van der Waals surface area contributed by atoms with Gasteiger partial charge in [-0.2, -0.15) is 0 Å². The van der Waals surface area contributed by atoms with E-state index in [4.69, 9.17) is 10.5 Å². The molecule has 0 spiro atoms. The molecular weight excluding hydrogens is 328 g/mol. The van der Waals surface area contributed by atoms with Gasteiger partial charge in [0.05, 0.1) is 6.04 Å². The van der Waals surface area contributed by atoms with Crippen molar-refractivity contribution < 1.29 is 14.3 Å². The summed E-state index contributed by atoms with van der Waals surface area (Å²) in [5.74, 6) is 0.0743. The van der Waals surface area contributed by atoms with E-state index >= 15 is 0 Å². The topological polar surface area (TPSA) is 81.4 Å². The third-order valence-electron chi connectivity index (χ3n) is 4.24. The molecule has 0 saturated carbocycles. The van der Waals surface area contributed by atoms with E-state index in [1.54, 1.807) is 24.3 Å². The molecule has 0 aliphatic carbocycles. The smallest absolute Gasteiger partial charge is 0.258 e. The summed E-state index contributed by atoms with van der Waals surface area (Å²) in [7, 11) is 0. The predicted octanol–water partition coefficient (Wildman–Crippen LogP) is 3.24. The number of hydrogen-bond acceptors (Lipinski definition) is 3. The molecule has 0 heterocycles. The lowest BCUT2D eigenvalue weighted by molar-refractivity contribution is -0.124. The van der Waals surface area contributed by atoms with Crippen LogP contribution < -0.4 is 15.8 Å². The van der Waals surface area contributed by atoms with Crippen LogP contribution in [0.5, 0.6) is 5.75 Å². The van der Waals surface area contributed by atoms with Crippen molar-refractivity contribution >= 4 is 11.8 Å². The second kappa shape index (κ2) is 9.04. The van der Waals surface area contributed by atoms with Crippen molar-refractivity contribution in [1.29, 1.82) is 0 Å². The molecule has 26 heavy (non-hydrogen) atoms. The minimum atomic E-state index is -0.497. The van der Waals surface area contributed by atoms with Gasteiger partial charge in [-0.15, -0.1) is 0 Å². The van der Waals surface area contributed by atoms with Gasteiger partial charge in [0.1, 0.15) is 5.75 Å². The second-order valence-corrected chi connectivity index (χ2v) is 6.56. The highest BCUT2D eigenvalue weighted by Crippen LogP contribution is 2.22. The van der Waals surface area contributed by atoms with Crippen LogP contribution in [0.4, 0.5) is 0 Å². The van der Waals surface area contributed by atoms with Crippen LogP contribution >= 0.6 is 0 Å². The van der Waals surface area contributed by atoms with E-state index < -0.39 is 5.91 Å². The van der Waals surface area contributed by atoms with Crippen LogP contribution in [0.25, 0.3) is 0 Å². The Bertz CT molecular complexity index is 737. The van der Waals surface area contributed by atoms with E-state index in [9.17, 15) is 9.59 Å². The van der Waals surface area contributed by atoms with Gasteiger partial charge in [0, 0.05) is 5.56 Å². The molecule has 0 radical (unpaired) electrons. The normalized spacial score (nSPS) is 11.8. The van der Waals surface area contributed by atoms with Gasteiger partial charge in [0.25, 0.3) is 5.91 Å². The predicted molar refractivity (Wildman–Crippen MR) is 102 cm³/mol. The summed E-state index contributed by atoms with van der Waals surface area (Å²) in [6.45, 7) is 6.17. The van der Waals surface area contributed by atoms with Crippen LogP contribution in [0.15, 0.2) is 48.5 Å². The summed E-state index contributed by atoms with van der Waals surface area (Å²) < 4.78 is 5.49. The Hall–Kier alpha value is -2.82. The van der Waals surface area contributed by atoms with Gasteiger partial charge in [0.2, 0.25) is 5.91 Å². The molecule has 1 unspecified atom stereocenters. The molecule has 0 saturated heterocycles. The average Bonchev–Trinajstić information content (AvgIpc) is 2.64. The second-order valence-electron chi connectivity index (χ2n) is 6.56. The van der Waals surface area contributed by atoms with E-state index in [1.807, 2.05) is 0 Å². The maximum absolute atomic E-state index is 12.3. The number of carbonyl (C=O) groups is 2. The van der Waals surface area contributed by atoms with Crippen molar-refractivity contribution in [2.24, 2.45) is 11.7 Å². The van der Waals surface area contributed by atoms with Crippen LogP contribution in [0.2, 0.25) is 0 Å². The molecular formula is C21H26N2O3. The highest BCUT2D eigenvalue weighted by Gasteiger charge is 2.18. The lowest BCUT2D eigenvalue weighted by Gasteiger charge is -2.23. The molecule has 0 aliphatic rings. The molecule has 0 fully saturated rings. The number of aryl methyl sites for hydroxylation is 1. The summed E-state index contributed by atoms with van der Waals surface area (Å²) in [6, 6.07) is 14.6. The third kappa shape index (κ3) is 5.34. The Balaban J connectivity index is 1.95. The first-order chi connectivity index (χ1) is 12.4. The SMILES string of the molecule is CCc1ccc(C(NC(=O)COc2ccc(C(N)=O)cc2)C(C)C)cc1. The van der Waals surface area contributed by atoms with E-state index in [0.717, 1.165) is 12.0 Å². The summed E-state index contributed by atoms with van der Waals surface area (Å²) in [4.78, 5) is 23.3. The Morgan fingerprint density at radius 3 is 2.15 bits per heavy atom. The molecule has 0 aliphatic heterocycles. The van der Waals surface area contributed by atoms with E-state index in [1.165, 1.54) is 5.56 Å². The summed E-state index contributed by atoms with van der Waals surface area (Å²) in [6.07, 6.45) is 0.987. The van der Waals surface area contributed by atoms with Gasteiger partial charge >= 0.3 is 0 Å². The Kier molecular flexibility index (Phi) is 6.78. The van der Waals surface area contributed by atoms with Gasteiger partial charge in [0.15, 0.2) is 6.61 Å². The van der Waals surface area contributed by atoms with E-state index in [-0.39, 0.29) is 24.5 Å². The van der Waals surface area contributed by atoms with Gasteiger partial charge in [-0.1, -0.05) is 45.0 Å². The fourth-order valence-electron chi connectivity index (χ4n) is 2.67. The van der Waals surface area contributed by atoms with Crippen molar-refractivity contribution in [3.63, 3.8) is 0 Å². The first-order valence-corrected chi connectivity index (χ1v) is 8.81. The monoisotopic (exact) mass is 354 g/mol. The number of nitrogens with two attached hydrogens (primary N) is 1. The van der Waals surface area contributed by atoms with Crippen molar-refractivity contribution in [2.75, 3.05) is 6.61 Å². The molecule has 2 rings (SSSR count). The maximum Gasteiger partial charge on any atom is 0.258 e. The van der Waals surface area contributed by atoms with Crippen molar-refractivity contribution in [3.05, 3.63) is 65.2 Å². The van der Waals surface area contributed by atoms with Crippen molar-refractivity contribution in [2.45, 2.75) is 33.2 Å². The van der Waals surface area contributed by atoms with Crippen LogP contribution in [-0.2, 0) is 11.2 Å². The molecule has 5 nitrogen and oxygen atoms in total. The molecule has 2 amide bonds. The van der Waals surface area contributed by atoms with Gasteiger partial charge < -0.3 is 15.8 Å². The van der Waals surface area contributed by atoms with Gasteiger partial charge in [-0.05, 0) is 47.7 Å². The number of primary amides is 1. The lowest BCUT2D eigenvalue weighted by atomic mass is 9.95. The number of ether oxygens (including phenoxy) is 1. The molecule has 2 aromatic carbocycles. The van der Waals surface area contributed by atoms with Crippen LogP contribution in [0.1, 0.15) is 48.3 Å². The number of carbonyl (C=O) groups excluding carboxylic acids is 2. The zero-order valence-corrected chi connectivity index (χ0v) is 15.5. The van der Waals surface area contributed by atoms with Crippen LogP contribution in [0, 0.1) is 5.92 Å². The fourth-order valence-corrected chi connectivity index (χ4v) is 2.67. The standard InChI is InChI=1S/C21H26N2O3/c1-4-15-5-7-16(8-6-15)20(14(2)3)23-19(24)13-26-18-11-9-17(10-12-18)21(22)25/h5-12,14,20H,4,13H2,1-3H3,(H2,22,25)(H,23,24). The highest BCUT2D eigenvalue weighted by atomic mass is 16.5. The largest absolute Gasteiger partial charge is 0.484 e. The fraction of sp³-hybridized carbons (Fsp3) is 0.333. The number of rotatable bonds is 8. The molecule has 0 aromatic heterocycles. The Labute approximate surface area is 154 Å². The first kappa shape index (κ1) is 19.5. The quantitative estimate of drug-likeness (QED) is 0.763. The third-order valence-corrected chi connectivity index (χ3v) is 4.24. The zero-order chi connectivity index (χ0) is 19.1. The maximum atomic E-state index is 12.3. The molecule has 0 bridgehead atoms. The summed E-state index contributed by atoms with van der Waals surface area (Å²) in [5, 5.41) is 3.03. The molecule has 2 aromatic rings. The highest BCUT2D eigenvalue weighted by molar-refractivity contribution is 5.92. The van der Waals surface area contributed by atoms with E-state index in [0.29, 0.717) is 11.3 Å². The first-order valence-electron chi connectivity index (χ1n) is 8.81. The molecule has 3 N–H and O–H groups in total. The van der Waals surface area contributed by atoms with Crippen LogP contribution in [0.3, 0.4) is 0 Å². The van der Waals surface area contributed by atoms with Crippen molar-refractivity contribution in [1.82, 2.24) is 5.32 Å². The van der Waals surface area contributed by atoms with Gasteiger partial charge in [-0.3, -0.25) is 9.59 Å². The Morgan fingerprint density at radius 2 is 1.65 bits per heavy atom. The van der Waals surface area contributed by atoms with Crippen molar-refractivity contribution in [3.8, 4) is 5.75 Å². The Morgan fingerprint density at radius 1 is 1.04 bits per heavy atom. The number of nitrogens with one attached hydrogen (secondary N) is 1. The van der Waals surface area contributed by atoms with E-state index in [2.05, 4.69) is 50.4 Å². The summed E-state index contributed by atoms with van der Waals surface area (Å²) in [5.41, 5.74) is 7.95. The lowest BCUT2D eigenvalue weighted by Crippen LogP contribution is -2.35. The van der Waals surface area contributed by atoms with Gasteiger partial charge in [-0.25, -0.2) is 0 Å². The van der Waals surface area contributed by atoms with Crippen LogP contribution in [-0.4, -0.2) is 18.4 Å². The number of amides is 2. The molecule has 138 valence electrons. The number of hydrogen-bond donors (Lipinski definition) is 2. The minimum Gasteiger partial charge on any atom is -0.484 e. The molecule has 1 atom stereocenters. The molecule has 5 heteroatoms. The average molecular weight is 354 g/mol. The zero-order valence-electron chi connectivity index (χ0n) is 15.5. The number of benzene rings is 2.